The Bertz CT molecular complexity index is 711. The first-order chi connectivity index (χ1) is 13.9. The van der Waals surface area contributed by atoms with Gasteiger partial charge in [0.1, 0.15) is 12.3 Å². The van der Waals surface area contributed by atoms with E-state index < -0.39 is 6.10 Å². The van der Waals surface area contributed by atoms with Gasteiger partial charge >= 0.3 is 0 Å². The number of nitrogens with one attached hydrogen (secondary N) is 2. The predicted octanol–water partition coefficient (Wildman–Crippen LogP) is 1.79. The highest BCUT2D eigenvalue weighted by atomic mass is 16.5. The van der Waals surface area contributed by atoms with Crippen LogP contribution >= 0.6 is 0 Å². The summed E-state index contributed by atoms with van der Waals surface area (Å²) in [5, 5.41) is 3.01. The molecule has 1 aromatic carbocycles. The molecule has 0 bridgehead atoms. The number of piperidine rings is 1. The fourth-order valence-electron chi connectivity index (χ4n) is 4.62. The number of hydrogen-bond donors (Lipinski definition) is 2. The van der Waals surface area contributed by atoms with Crippen molar-refractivity contribution in [1.82, 2.24) is 5.32 Å². The van der Waals surface area contributed by atoms with E-state index >= 15 is 0 Å². The molecule has 0 aliphatic carbocycles. The first-order valence-electron chi connectivity index (χ1n) is 11.1. The number of benzene rings is 1. The van der Waals surface area contributed by atoms with Gasteiger partial charge in [0.15, 0.2) is 6.10 Å². The zero-order chi connectivity index (χ0) is 21.0. The summed E-state index contributed by atoms with van der Waals surface area (Å²) in [5.41, 5.74) is 0.671. The Balaban J connectivity index is 1.53. The number of ether oxygens (including phenoxy) is 1. The van der Waals surface area contributed by atoms with Crippen LogP contribution in [0.5, 0.6) is 5.75 Å². The maximum Gasteiger partial charge on any atom is 0.268 e. The van der Waals surface area contributed by atoms with E-state index in [-0.39, 0.29) is 24.3 Å². The molecule has 3 rings (SSSR count). The maximum absolute atomic E-state index is 12.9. The number of fused-ring (bicyclic) bond motifs is 1. The number of hydrogen-bond acceptors (Lipinski definition) is 3. The van der Waals surface area contributed by atoms with E-state index in [1.165, 1.54) is 19.3 Å². The van der Waals surface area contributed by atoms with Crippen LogP contribution in [0.3, 0.4) is 0 Å². The molecule has 1 unspecified atom stereocenters. The van der Waals surface area contributed by atoms with E-state index in [1.807, 2.05) is 38.1 Å². The Morgan fingerprint density at radius 3 is 2.62 bits per heavy atom. The van der Waals surface area contributed by atoms with Gasteiger partial charge in [0, 0.05) is 13.0 Å². The van der Waals surface area contributed by atoms with Gasteiger partial charge in [-0.25, -0.2) is 0 Å². The van der Waals surface area contributed by atoms with Gasteiger partial charge in [0.2, 0.25) is 5.91 Å². The SMILES string of the molecule is CC(C)[C@H]1Oc2ccccc2N(CC(=O)NCCC[NH+]2[C@H](C)CCC[C@@H]2C)C1=O. The predicted molar refractivity (Wildman–Crippen MR) is 114 cm³/mol. The molecule has 1 aromatic rings. The van der Waals surface area contributed by atoms with Gasteiger partial charge in [-0.3, -0.25) is 14.5 Å². The average molecular weight is 403 g/mol. The van der Waals surface area contributed by atoms with E-state index in [1.54, 1.807) is 9.80 Å². The molecule has 160 valence electrons. The smallest absolute Gasteiger partial charge is 0.268 e. The van der Waals surface area contributed by atoms with Crippen molar-refractivity contribution in [3.05, 3.63) is 24.3 Å². The molecule has 6 nitrogen and oxygen atoms in total. The van der Waals surface area contributed by atoms with Crippen molar-refractivity contribution in [3.8, 4) is 5.75 Å². The number of amides is 2. The van der Waals surface area contributed by atoms with Crippen molar-refractivity contribution in [2.45, 2.75) is 71.6 Å². The summed E-state index contributed by atoms with van der Waals surface area (Å²) in [5.74, 6) is 0.440. The third kappa shape index (κ3) is 5.10. The second-order valence-electron chi connectivity index (χ2n) is 8.94. The number of rotatable bonds is 7. The third-order valence-electron chi connectivity index (χ3n) is 6.33. The standard InChI is InChI=1S/C23H35N3O3/c1-16(2)22-23(28)26(19-11-5-6-12-20(19)29-22)15-21(27)24-13-8-14-25-17(3)9-7-10-18(25)4/h5-6,11-12,16-18,22H,7-10,13-15H2,1-4H3,(H,24,27)/p+1/t17-,18+,22-/m1/s1. The number of quaternary nitrogens is 1. The minimum absolute atomic E-state index is 0.0335. The fourth-order valence-corrected chi connectivity index (χ4v) is 4.62. The van der Waals surface area contributed by atoms with Crippen LogP contribution in [0.2, 0.25) is 0 Å². The van der Waals surface area contributed by atoms with Gasteiger partial charge in [0.05, 0.1) is 24.3 Å². The highest BCUT2D eigenvalue weighted by Crippen LogP contribution is 2.35. The van der Waals surface area contributed by atoms with Crippen molar-refractivity contribution < 1.29 is 19.2 Å². The van der Waals surface area contributed by atoms with Crippen molar-refractivity contribution in [2.24, 2.45) is 5.92 Å². The summed E-state index contributed by atoms with van der Waals surface area (Å²) < 4.78 is 5.88. The van der Waals surface area contributed by atoms with Crippen LogP contribution in [0.25, 0.3) is 0 Å². The molecule has 29 heavy (non-hydrogen) atoms. The van der Waals surface area contributed by atoms with Gasteiger partial charge in [-0.15, -0.1) is 0 Å². The van der Waals surface area contributed by atoms with Crippen LogP contribution in [0.1, 0.15) is 53.4 Å². The molecule has 0 radical (unpaired) electrons. The normalized spacial score (nSPS) is 26.8. The molecular weight excluding hydrogens is 366 g/mol. The van der Waals surface area contributed by atoms with Gasteiger partial charge < -0.3 is 15.0 Å². The molecule has 2 N–H and O–H groups in total. The molecule has 6 heteroatoms. The average Bonchev–Trinajstić information content (AvgIpc) is 2.68. The van der Waals surface area contributed by atoms with Crippen molar-refractivity contribution in [2.75, 3.05) is 24.5 Å². The number of anilines is 1. The topological polar surface area (TPSA) is 63.1 Å². The monoisotopic (exact) mass is 402 g/mol. The number of nitrogens with zero attached hydrogens (tertiary/aromatic N) is 1. The molecule has 0 spiro atoms. The quantitative estimate of drug-likeness (QED) is 0.684. The molecule has 4 atom stereocenters. The Hall–Kier alpha value is -2.08. The zero-order valence-corrected chi connectivity index (χ0v) is 18.2. The summed E-state index contributed by atoms with van der Waals surface area (Å²) >= 11 is 0. The highest BCUT2D eigenvalue weighted by molar-refractivity contribution is 6.03. The molecule has 1 fully saturated rings. The molecular formula is C23H36N3O3+. The van der Waals surface area contributed by atoms with E-state index in [9.17, 15) is 9.59 Å². The van der Waals surface area contributed by atoms with Crippen LogP contribution in [0.4, 0.5) is 5.69 Å². The lowest BCUT2D eigenvalue weighted by Gasteiger charge is -2.36. The number of carbonyl (C=O) groups is 2. The first-order valence-corrected chi connectivity index (χ1v) is 11.1. The zero-order valence-electron chi connectivity index (χ0n) is 18.2. The lowest BCUT2D eigenvalue weighted by molar-refractivity contribution is -0.951. The number of likely N-dealkylation sites (tertiary alicyclic amines) is 1. The van der Waals surface area contributed by atoms with Crippen molar-refractivity contribution >= 4 is 17.5 Å². The second kappa shape index (κ2) is 9.61. The minimum atomic E-state index is -0.552. The molecule has 2 aliphatic rings. The van der Waals surface area contributed by atoms with E-state index in [2.05, 4.69) is 19.2 Å². The Morgan fingerprint density at radius 2 is 1.93 bits per heavy atom. The Kier molecular flexibility index (Phi) is 7.17. The lowest BCUT2D eigenvalue weighted by Crippen LogP contribution is -3.19. The molecule has 0 aromatic heterocycles. The minimum Gasteiger partial charge on any atom is -0.478 e. The fraction of sp³-hybridized carbons (Fsp3) is 0.652. The summed E-state index contributed by atoms with van der Waals surface area (Å²) in [6, 6.07) is 8.83. The maximum atomic E-state index is 12.9. The number of para-hydroxylation sites is 2. The summed E-state index contributed by atoms with van der Waals surface area (Å²) in [6.07, 6.45) is 4.32. The summed E-state index contributed by atoms with van der Waals surface area (Å²) in [7, 11) is 0. The van der Waals surface area contributed by atoms with Gasteiger partial charge in [-0.2, -0.15) is 0 Å². The number of carbonyl (C=O) groups excluding carboxylic acids is 2. The highest BCUT2D eigenvalue weighted by Gasteiger charge is 2.37. The lowest BCUT2D eigenvalue weighted by atomic mass is 9.97. The van der Waals surface area contributed by atoms with Gasteiger partial charge in [0.25, 0.3) is 5.91 Å². The van der Waals surface area contributed by atoms with Crippen LogP contribution < -0.4 is 19.9 Å². The molecule has 2 heterocycles. The van der Waals surface area contributed by atoms with E-state index in [4.69, 9.17) is 4.74 Å². The van der Waals surface area contributed by atoms with E-state index in [0.29, 0.717) is 30.1 Å². The van der Waals surface area contributed by atoms with Gasteiger partial charge in [-0.05, 0) is 51.2 Å². The first kappa shape index (κ1) is 21.6. The molecule has 2 amide bonds. The van der Waals surface area contributed by atoms with Crippen molar-refractivity contribution in [1.29, 1.82) is 0 Å². The molecule has 0 saturated carbocycles. The van der Waals surface area contributed by atoms with Gasteiger partial charge in [-0.1, -0.05) is 26.0 Å². The van der Waals surface area contributed by atoms with Crippen LogP contribution in [-0.2, 0) is 9.59 Å². The second-order valence-corrected chi connectivity index (χ2v) is 8.94. The van der Waals surface area contributed by atoms with Crippen LogP contribution in [0, 0.1) is 5.92 Å². The summed E-state index contributed by atoms with van der Waals surface area (Å²) in [6.45, 7) is 10.3. The Labute approximate surface area is 174 Å². The van der Waals surface area contributed by atoms with Crippen LogP contribution in [0.15, 0.2) is 24.3 Å². The molecule has 2 aliphatic heterocycles. The van der Waals surface area contributed by atoms with Crippen LogP contribution in [-0.4, -0.2) is 49.6 Å². The summed E-state index contributed by atoms with van der Waals surface area (Å²) in [4.78, 5) is 28.7. The Morgan fingerprint density at radius 1 is 1.24 bits per heavy atom. The largest absolute Gasteiger partial charge is 0.478 e. The van der Waals surface area contributed by atoms with Crippen molar-refractivity contribution in [3.63, 3.8) is 0 Å². The van der Waals surface area contributed by atoms with E-state index in [0.717, 1.165) is 13.0 Å². The molecule has 1 saturated heterocycles. The third-order valence-corrected chi connectivity index (χ3v) is 6.33.